The van der Waals surface area contributed by atoms with Crippen LogP contribution in [0.25, 0.3) is 0 Å². The Morgan fingerprint density at radius 3 is 2.62 bits per heavy atom. The second-order valence-corrected chi connectivity index (χ2v) is 3.11. The molecule has 1 aromatic heterocycles. The zero-order chi connectivity index (χ0) is 12.3. The average molecular weight is 232 g/mol. The van der Waals surface area contributed by atoms with Gasteiger partial charge in [0.25, 0.3) is 6.43 Å². The van der Waals surface area contributed by atoms with Gasteiger partial charge in [0.1, 0.15) is 0 Å². The fraction of sp³-hybridized carbons (Fsp3) is 0.333. The van der Waals surface area contributed by atoms with Gasteiger partial charge in [-0.15, -0.1) is 0 Å². The van der Waals surface area contributed by atoms with Crippen molar-refractivity contribution in [2.75, 3.05) is 0 Å². The first kappa shape index (κ1) is 12.3. The molecule has 88 valence electrons. The number of hydrogen-bond donors (Lipinski definition) is 3. The Bertz CT molecular complexity index is 457. The molecule has 0 aromatic carbocycles. The number of aliphatic carboxylic acids is 1. The smallest absolute Gasteiger partial charge is 0.308 e. The predicted octanol–water partition coefficient (Wildman–Crippen LogP) is 0.398. The maximum atomic E-state index is 12.4. The summed E-state index contributed by atoms with van der Waals surface area (Å²) in [7, 11) is 0. The molecule has 0 amide bonds. The topological polar surface area (TPSA) is 96.2 Å². The first-order valence-corrected chi connectivity index (χ1v) is 4.40. The first-order chi connectivity index (χ1) is 7.47. The van der Waals surface area contributed by atoms with Crippen molar-refractivity contribution in [1.82, 2.24) is 4.98 Å². The van der Waals surface area contributed by atoms with E-state index >= 15 is 0 Å². The summed E-state index contributed by atoms with van der Waals surface area (Å²) in [6.07, 6.45) is -2.38. The number of halogens is 2. The number of H-pyrrole nitrogens is 1. The molecule has 0 aliphatic rings. The van der Waals surface area contributed by atoms with Gasteiger partial charge < -0.3 is 15.8 Å². The molecule has 7 heteroatoms. The Balaban J connectivity index is 3.29. The summed E-state index contributed by atoms with van der Waals surface area (Å²) in [6, 6.07) is 0. The minimum absolute atomic E-state index is 0.0858. The summed E-state index contributed by atoms with van der Waals surface area (Å²) >= 11 is 0. The van der Waals surface area contributed by atoms with Crippen LogP contribution in [0.4, 0.5) is 8.78 Å². The lowest BCUT2D eigenvalue weighted by Gasteiger charge is -2.07. The number of aromatic nitrogens is 1. The van der Waals surface area contributed by atoms with Crippen LogP contribution in [0.2, 0.25) is 0 Å². The van der Waals surface area contributed by atoms with Crippen LogP contribution in [0.3, 0.4) is 0 Å². The number of hydrogen-bond acceptors (Lipinski definition) is 3. The Kier molecular flexibility index (Phi) is 3.73. The third-order valence-electron chi connectivity index (χ3n) is 2.06. The van der Waals surface area contributed by atoms with Crippen LogP contribution in [0, 0.1) is 0 Å². The molecule has 0 saturated heterocycles. The third kappa shape index (κ3) is 2.43. The van der Waals surface area contributed by atoms with Gasteiger partial charge in [-0.25, -0.2) is 8.78 Å². The lowest BCUT2D eigenvalue weighted by molar-refractivity contribution is -0.136. The van der Waals surface area contributed by atoms with Crippen molar-refractivity contribution in [3.05, 3.63) is 33.2 Å². The second kappa shape index (κ2) is 4.84. The molecule has 0 unspecified atom stereocenters. The number of nitrogens with two attached hydrogens (primary N) is 1. The molecule has 0 saturated carbocycles. The van der Waals surface area contributed by atoms with Gasteiger partial charge in [-0.3, -0.25) is 9.59 Å². The van der Waals surface area contributed by atoms with Crippen molar-refractivity contribution in [3.8, 4) is 0 Å². The van der Waals surface area contributed by atoms with E-state index in [1.165, 1.54) is 0 Å². The summed E-state index contributed by atoms with van der Waals surface area (Å²) < 4.78 is 24.9. The molecular formula is C9H10F2N2O3. The van der Waals surface area contributed by atoms with Gasteiger partial charge in [0, 0.05) is 23.9 Å². The molecule has 0 spiro atoms. The zero-order valence-corrected chi connectivity index (χ0v) is 8.17. The van der Waals surface area contributed by atoms with Crippen molar-refractivity contribution in [3.63, 3.8) is 0 Å². The maximum Gasteiger partial charge on any atom is 0.308 e. The number of alkyl halides is 2. The Hall–Kier alpha value is -1.76. The molecule has 1 heterocycles. The summed E-state index contributed by atoms with van der Waals surface area (Å²) in [5.41, 5.74) is 3.54. The van der Waals surface area contributed by atoms with E-state index in [4.69, 9.17) is 10.8 Å². The largest absolute Gasteiger partial charge is 0.481 e. The molecule has 0 bridgehead atoms. The number of carboxylic acid groups (broad SMARTS) is 1. The first-order valence-electron chi connectivity index (χ1n) is 4.40. The standard InChI is InChI=1S/C9H10F2N2O3/c10-9(11)7-5(2-12)8(16)4(3-13-7)1-6(14)15/h3,9H,1-2,12H2,(H,13,16)(H,14,15). The fourth-order valence-electron chi connectivity index (χ4n) is 1.33. The van der Waals surface area contributed by atoms with E-state index in [9.17, 15) is 18.4 Å². The molecule has 1 rings (SSSR count). The minimum Gasteiger partial charge on any atom is -0.481 e. The van der Waals surface area contributed by atoms with E-state index in [1.54, 1.807) is 0 Å². The van der Waals surface area contributed by atoms with E-state index in [2.05, 4.69) is 4.98 Å². The number of rotatable bonds is 4. The van der Waals surface area contributed by atoms with Crippen LogP contribution in [-0.4, -0.2) is 16.1 Å². The number of carboxylic acids is 1. The van der Waals surface area contributed by atoms with Gasteiger partial charge in [0.05, 0.1) is 12.1 Å². The van der Waals surface area contributed by atoms with E-state index < -0.39 is 29.9 Å². The minimum atomic E-state index is -2.84. The van der Waals surface area contributed by atoms with E-state index in [-0.39, 0.29) is 17.7 Å². The van der Waals surface area contributed by atoms with Crippen LogP contribution in [0.15, 0.2) is 11.0 Å². The molecule has 0 atom stereocenters. The lowest BCUT2D eigenvalue weighted by atomic mass is 10.1. The zero-order valence-electron chi connectivity index (χ0n) is 8.17. The van der Waals surface area contributed by atoms with Gasteiger partial charge in [0.2, 0.25) is 0 Å². The summed E-state index contributed by atoms with van der Waals surface area (Å²) in [6.45, 7) is -0.359. The quantitative estimate of drug-likeness (QED) is 0.700. The molecule has 4 N–H and O–H groups in total. The fourth-order valence-corrected chi connectivity index (χ4v) is 1.33. The molecule has 16 heavy (non-hydrogen) atoms. The van der Waals surface area contributed by atoms with E-state index in [0.29, 0.717) is 0 Å². The van der Waals surface area contributed by atoms with Gasteiger partial charge >= 0.3 is 5.97 Å². The van der Waals surface area contributed by atoms with Crippen molar-refractivity contribution >= 4 is 5.97 Å². The highest BCUT2D eigenvalue weighted by Crippen LogP contribution is 2.18. The molecule has 5 nitrogen and oxygen atoms in total. The highest BCUT2D eigenvalue weighted by atomic mass is 19.3. The molecule has 1 aromatic rings. The van der Waals surface area contributed by atoms with Gasteiger partial charge in [-0.2, -0.15) is 0 Å². The second-order valence-electron chi connectivity index (χ2n) is 3.11. The monoisotopic (exact) mass is 232 g/mol. The lowest BCUT2D eigenvalue weighted by Crippen LogP contribution is -2.23. The van der Waals surface area contributed by atoms with Crippen molar-refractivity contribution in [2.24, 2.45) is 5.73 Å². The van der Waals surface area contributed by atoms with Crippen LogP contribution in [-0.2, 0) is 17.8 Å². The Morgan fingerprint density at radius 1 is 1.56 bits per heavy atom. The average Bonchev–Trinajstić information content (AvgIpc) is 2.19. The van der Waals surface area contributed by atoms with Crippen LogP contribution in [0.1, 0.15) is 23.2 Å². The number of nitrogens with one attached hydrogen (secondary N) is 1. The number of aromatic amines is 1. The molecule has 0 aliphatic carbocycles. The molecule has 0 fully saturated rings. The molecular weight excluding hydrogens is 222 g/mol. The van der Waals surface area contributed by atoms with Crippen LogP contribution < -0.4 is 11.2 Å². The number of pyridine rings is 1. The predicted molar refractivity (Wildman–Crippen MR) is 51.3 cm³/mol. The SMILES string of the molecule is NCc1c(C(F)F)[nH]cc(CC(=O)O)c1=O. The van der Waals surface area contributed by atoms with Gasteiger partial charge in [-0.1, -0.05) is 0 Å². The highest BCUT2D eigenvalue weighted by Gasteiger charge is 2.18. The van der Waals surface area contributed by atoms with E-state index in [1.807, 2.05) is 0 Å². The normalized spacial score (nSPS) is 10.8. The van der Waals surface area contributed by atoms with Gasteiger partial charge in [-0.05, 0) is 0 Å². The maximum absolute atomic E-state index is 12.4. The van der Waals surface area contributed by atoms with E-state index in [0.717, 1.165) is 6.20 Å². The highest BCUT2D eigenvalue weighted by molar-refractivity contribution is 5.70. The summed E-state index contributed by atoms with van der Waals surface area (Å²) in [5, 5.41) is 8.50. The van der Waals surface area contributed by atoms with Crippen LogP contribution >= 0.6 is 0 Å². The third-order valence-corrected chi connectivity index (χ3v) is 2.06. The summed E-state index contributed by atoms with van der Waals surface area (Å²) in [4.78, 5) is 24.2. The van der Waals surface area contributed by atoms with Crippen molar-refractivity contribution in [1.29, 1.82) is 0 Å². The Morgan fingerprint density at radius 2 is 2.19 bits per heavy atom. The van der Waals surface area contributed by atoms with Crippen molar-refractivity contribution in [2.45, 2.75) is 19.4 Å². The molecule has 0 aliphatic heterocycles. The Labute approximate surface area is 88.9 Å². The van der Waals surface area contributed by atoms with Crippen LogP contribution in [0.5, 0.6) is 0 Å². The number of carbonyl (C=O) groups is 1. The van der Waals surface area contributed by atoms with Crippen molar-refractivity contribution < 1.29 is 18.7 Å². The van der Waals surface area contributed by atoms with Gasteiger partial charge in [0.15, 0.2) is 5.43 Å². The molecule has 0 radical (unpaired) electrons. The summed E-state index contributed by atoms with van der Waals surface area (Å²) in [5.74, 6) is -1.21.